The quantitative estimate of drug-likeness (QED) is 0.604. The van der Waals surface area contributed by atoms with Crippen molar-refractivity contribution in [2.75, 3.05) is 7.11 Å². The summed E-state index contributed by atoms with van der Waals surface area (Å²) in [5, 5.41) is 10.8. The molecule has 0 aromatic heterocycles. The van der Waals surface area contributed by atoms with Gasteiger partial charge in [0.2, 0.25) is 5.75 Å². The molecule has 9 heteroatoms. The van der Waals surface area contributed by atoms with Crippen molar-refractivity contribution in [1.29, 1.82) is 0 Å². The van der Waals surface area contributed by atoms with Gasteiger partial charge in [-0.25, -0.2) is 0 Å². The summed E-state index contributed by atoms with van der Waals surface area (Å²) >= 11 is 0. The summed E-state index contributed by atoms with van der Waals surface area (Å²) in [5.74, 6) is 0.0861. The molecule has 0 aliphatic rings. The summed E-state index contributed by atoms with van der Waals surface area (Å²) < 4.78 is 50.2. The van der Waals surface area contributed by atoms with Gasteiger partial charge >= 0.3 is 12.0 Å². The van der Waals surface area contributed by atoms with E-state index >= 15 is 0 Å². The Bertz CT molecular complexity index is 701. The number of nitro groups is 1. The lowest BCUT2D eigenvalue weighted by Crippen LogP contribution is -2.16. The second kappa shape index (κ2) is 6.42. The number of nitro benzene ring substituents is 1. The Labute approximate surface area is 128 Å². The molecular formula is C14H10F3NO5. The van der Waals surface area contributed by atoms with Gasteiger partial charge in [-0.2, -0.15) is 0 Å². The number of methoxy groups -OCH3 is 1. The maximum atomic E-state index is 12.1. The van der Waals surface area contributed by atoms with Gasteiger partial charge in [-0.15, -0.1) is 13.2 Å². The Morgan fingerprint density at radius 2 is 1.57 bits per heavy atom. The van der Waals surface area contributed by atoms with Gasteiger partial charge in [-0.1, -0.05) is 0 Å². The maximum absolute atomic E-state index is 12.1. The van der Waals surface area contributed by atoms with Crippen LogP contribution in [-0.4, -0.2) is 18.4 Å². The van der Waals surface area contributed by atoms with Gasteiger partial charge < -0.3 is 14.2 Å². The Hall–Kier alpha value is -2.97. The molecule has 2 rings (SSSR count). The van der Waals surface area contributed by atoms with Gasteiger partial charge in [0.1, 0.15) is 17.2 Å². The predicted molar refractivity (Wildman–Crippen MR) is 72.8 cm³/mol. The minimum atomic E-state index is -4.77. The molecule has 2 aromatic rings. The van der Waals surface area contributed by atoms with Crippen LogP contribution in [0.1, 0.15) is 0 Å². The number of halogens is 3. The summed E-state index contributed by atoms with van der Waals surface area (Å²) in [6.07, 6.45) is -4.77. The van der Waals surface area contributed by atoms with Crippen LogP contribution in [0.15, 0.2) is 42.5 Å². The van der Waals surface area contributed by atoms with Crippen molar-refractivity contribution in [3.8, 4) is 23.0 Å². The van der Waals surface area contributed by atoms with Crippen LogP contribution in [0.2, 0.25) is 0 Å². The van der Waals surface area contributed by atoms with Crippen molar-refractivity contribution in [2.24, 2.45) is 0 Å². The topological polar surface area (TPSA) is 70.8 Å². The molecule has 0 radical (unpaired) electrons. The molecule has 0 saturated heterocycles. The van der Waals surface area contributed by atoms with E-state index in [2.05, 4.69) is 4.74 Å². The maximum Gasteiger partial charge on any atom is 0.573 e. The molecule has 0 aliphatic heterocycles. The van der Waals surface area contributed by atoms with Crippen molar-refractivity contribution in [1.82, 2.24) is 0 Å². The van der Waals surface area contributed by atoms with Gasteiger partial charge in [0, 0.05) is 12.1 Å². The van der Waals surface area contributed by atoms with E-state index < -0.39 is 11.3 Å². The number of benzene rings is 2. The molecule has 0 atom stereocenters. The van der Waals surface area contributed by atoms with Crippen LogP contribution in [0.5, 0.6) is 23.0 Å². The molecule has 6 nitrogen and oxygen atoms in total. The van der Waals surface area contributed by atoms with E-state index in [4.69, 9.17) is 9.47 Å². The second-order valence-corrected chi connectivity index (χ2v) is 4.21. The molecule has 0 unspecified atom stereocenters. The fraction of sp³-hybridized carbons (Fsp3) is 0.143. The van der Waals surface area contributed by atoms with Crippen molar-refractivity contribution < 1.29 is 32.3 Å². The Balaban J connectivity index is 2.14. The van der Waals surface area contributed by atoms with E-state index in [1.54, 1.807) is 0 Å². The van der Waals surface area contributed by atoms with Crippen LogP contribution in [0.25, 0.3) is 0 Å². The van der Waals surface area contributed by atoms with Crippen molar-refractivity contribution in [3.63, 3.8) is 0 Å². The molecular weight excluding hydrogens is 319 g/mol. The average Bonchev–Trinajstić information content (AvgIpc) is 2.47. The Morgan fingerprint density at radius 1 is 1.00 bits per heavy atom. The van der Waals surface area contributed by atoms with Gasteiger partial charge in [-0.05, 0) is 30.3 Å². The minimum Gasteiger partial charge on any atom is -0.490 e. The Kier molecular flexibility index (Phi) is 4.58. The first-order valence-corrected chi connectivity index (χ1v) is 6.14. The number of nitrogens with zero attached hydrogens (tertiary/aromatic N) is 1. The molecule has 0 bridgehead atoms. The normalized spacial score (nSPS) is 11.0. The molecule has 0 aliphatic carbocycles. The highest BCUT2D eigenvalue weighted by Gasteiger charge is 2.31. The fourth-order valence-electron chi connectivity index (χ4n) is 1.72. The van der Waals surface area contributed by atoms with Crippen LogP contribution < -0.4 is 14.2 Å². The van der Waals surface area contributed by atoms with Crippen molar-refractivity contribution in [2.45, 2.75) is 6.36 Å². The summed E-state index contributed by atoms with van der Waals surface area (Å²) in [5.41, 5.74) is -0.228. The van der Waals surface area contributed by atoms with Crippen molar-refractivity contribution in [3.05, 3.63) is 52.6 Å². The highest BCUT2D eigenvalue weighted by molar-refractivity contribution is 5.51. The standard InChI is InChI=1S/C14H10F3NO5/c1-21-13-8-11(6-7-12(13)18(19)20)22-9-2-4-10(5-3-9)23-14(15,16)17/h2-8H,1H3. The highest BCUT2D eigenvalue weighted by atomic mass is 19.4. The van der Waals surface area contributed by atoms with E-state index in [1.165, 1.54) is 37.4 Å². The number of hydrogen-bond donors (Lipinski definition) is 0. The molecule has 0 fully saturated rings. The molecule has 2 aromatic carbocycles. The smallest absolute Gasteiger partial charge is 0.490 e. The lowest BCUT2D eigenvalue weighted by molar-refractivity contribution is -0.385. The minimum absolute atomic E-state index is 0.00419. The number of rotatable bonds is 5. The monoisotopic (exact) mass is 329 g/mol. The summed E-state index contributed by atoms with van der Waals surface area (Å²) in [6.45, 7) is 0. The zero-order valence-corrected chi connectivity index (χ0v) is 11.7. The molecule has 0 N–H and O–H groups in total. The van der Waals surface area contributed by atoms with E-state index in [0.29, 0.717) is 0 Å². The lowest BCUT2D eigenvalue weighted by Gasteiger charge is -2.10. The van der Waals surface area contributed by atoms with Gasteiger partial charge in [0.15, 0.2) is 0 Å². The molecule has 0 saturated carbocycles. The first kappa shape index (κ1) is 16.4. The molecule has 0 amide bonds. The van der Waals surface area contributed by atoms with Crippen LogP contribution >= 0.6 is 0 Å². The Morgan fingerprint density at radius 3 is 2.09 bits per heavy atom. The van der Waals surface area contributed by atoms with E-state index in [1.807, 2.05) is 0 Å². The zero-order valence-electron chi connectivity index (χ0n) is 11.7. The second-order valence-electron chi connectivity index (χ2n) is 4.21. The third-order valence-corrected chi connectivity index (χ3v) is 2.64. The van der Waals surface area contributed by atoms with Crippen molar-refractivity contribution >= 4 is 5.69 Å². The largest absolute Gasteiger partial charge is 0.573 e. The van der Waals surface area contributed by atoms with E-state index in [9.17, 15) is 23.3 Å². The molecule has 0 spiro atoms. The fourth-order valence-corrected chi connectivity index (χ4v) is 1.72. The van der Waals surface area contributed by atoms with Crippen LogP contribution in [-0.2, 0) is 0 Å². The lowest BCUT2D eigenvalue weighted by atomic mass is 10.2. The van der Waals surface area contributed by atoms with E-state index in [-0.39, 0.29) is 28.7 Å². The first-order valence-electron chi connectivity index (χ1n) is 6.14. The van der Waals surface area contributed by atoms with Gasteiger partial charge in [0.05, 0.1) is 12.0 Å². The number of alkyl halides is 3. The van der Waals surface area contributed by atoms with Gasteiger partial charge in [0.25, 0.3) is 0 Å². The molecule has 0 heterocycles. The molecule has 122 valence electrons. The highest BCUT2D eigenvalue weighted by Crippen LogP contribution is 2.33. The SMILES string of the molecule is COc1cc(Oc2ccc(OC(F)(F)F)cc2)ccc1[N+](=O)[O-]. The first-order chi connectivity index (χ1) is 10.8. The summed E-state index contributed by atoms with van der Waals surface area (Å²) in [4.78, 5) is 10.2. The third kappa shape index (κ3) is 4.50. The summed E-state index contributed by atoms with van der Waals surface area (Å²) in [7, 11) is 1.27. The summed E-state index contributed by atoms with van der Waals surface area (Å²) in [6, 6.07) is 8.58. The predicted octanol–water partition coefficient (Wildman–Crippen LogP) is 4.29. The number of hydrogen-bond acceptors (Lipinski definition) is 5. The zero-order chi connectivity index (χ0) is 17.0. The van der Waals surface area contributed by atoms with E-state index in [0.717, 1.165) is 12.1 Å². The third-order valence-electron chi connectivity index (χ3n) is 2.64. The van der Waals surface area contributed by atoms with Crippen LogP contribution in [0.3, 0.4) is 0 Å². The van der Waals surface area contributed by atoms with Crippen LogP contribution in [0, 0.1) is 10.1 Å². The van der Waals surface area contributed by atoms with Gasteiger partial charge in [-0.3, -0.25) is 10.1 Å². The molecule has 23 heavy (non-hydrogen) atoms. The number of ether oxygens (including phenoxy) is 3. The average molecular weight is 329 g/mol. The van der Waals surface area contributed by atoms with Crippen LogP contribution in [0.4, 0.5) is 18.9 Å².